The normalized spacial score (nSPS) is 27.5. The first-order valence-electron chi connectivity index (χ1n) is 4.33. The van der Waals surface area contributed by atoms with Crippen LogP contribution < -0.4 is 0 Å². The average Bonchev–Trinajstić information content (AvgIpc) is 1.90. The molecule has 0 radical (unpaired) electrons. The maximum atomic E-state index is 2.38. The molecule has 0 atom stereocenters. The molecule has 0 aliphatic heterocycles. The number of hydrogen-bond donors (Lipinski definition) is 0. The SMILES string of the molecule is C.C.C.CCC1CCC(C)CC1. The predicted octanol–water partition coefficient (Wildman–Crippen LogP) is 5.13. The van der Waals surface area contributed by atoms with E-state index in [0.717, 1.165) is 11.8 Å². The minimum absolute atomic E-state index is 0. The Kier molecular flexibility index (Phi) is 13.6. The molecule has 0 unspecified atom stereocenters. The van der Waals surface area contributed by atoms with Gasteiger partial charge in [-0.15, -0.1) is 0 Å². The summed E-state index contributed by atoms with van der Waals surface area (Å²) in [6.07, 6.45) is 7.37. The molecule has 12 heavy (non-hydrogen) atoms. The highest BCUT2D eigenvalue weighted by molar-refractivity contribution is 4.68. The van der Waals surface area contributed by atoms with Crippen LogP contribution in [0.1, 0.15) is 68.2 Å². The van der Waals surface area contributed by atoms with Gasteiger partial charge < -0.3 is 0 Å². The topological polar surface area (TPSA) is 0 Å². The summed E-state index contributed by atoms with van der Waals surface area (Å²) in [5.74, 6) is 2.09. The first kappa shape index (κ1) is 17.9. The number of hydrogen-bond acceptors (Lipinski definition) is 0. The molecule has 0 bridgehead atoms. The smallest absolute Gasteiger partial charge is 0.0417 e. The molecule has 0 spiro atoms. The van der Waals surface area contributed by atoms with Gasteiger partial charge in [-0.3, -0.25) is 0 Å². The minimum Gasteiger partial charge on any atom is -0.0776 e. The fourth-order valence-electron chi connectivity index (χ4n) is 1.74. The van der Waals surface area contributed by atoms with Crippen molar-refractivity contribution in [1.82, 2.24) is 0 Å². The molecule has 0 heteroatoms. The van der Waals surface area contributed by atoms with Gasteiger partial charge in [-0.1, -0.05) is 68.2 Å². The fraction of sp³-hybridized carbons (Fsp3) is 1.00. The van der Waals surface area contributed by atoms with E-state index >= 15 is 0 Å². The van der Waals surface area contributed by atoms with Crippen LogP contribution in [0, 0.1) is 11.8 Å². The third kappa shape index (κ3) is 5.62. The lowest BCUT2D eigenvalue weighted by molar-refractivity contribution is 0.284. The molecule has 0 heterocycles. The van der Waals surface area contributed by atoms with Gasteiger partial charge in [0.1, 0.15) is 0 Å². The van der Waals surface area contributed by atoms with E-state index in [4.69, 9.17) is 0 Å². The van der Waals surface area contributed by atoms with Crippen molar-refractivity contribution in [2.75, 3.05) is 0 Å². The quantitative estimate of drug-likeness (QED) is 0.517. The highest BCUT2D eigenvalue weighted by Crippen LogP contribution is 2.29. The highest BCUT2D eigenvalue weighted by atomic mass is 14.2. The zero-order valence-electron chi connectivity index (χ0n) is 6.69. The van der Waals surface area contributed by atoms with Gasteiger partial charge in [0.25, 0.3) is 0 Å². The van der Waals surface area contributed by atoms with Crippen LogP contribution in [-0.4, -0.2) is 0 Å². The van der Waals surface area contributed by atoms with Gasteiger partial charge in [-0.25, -0.2) is 0 Å². The lowest BCUT2D eigenvalue weighted by atomic mass is 9.82. The summed E-state index contributed by atoms with van der Waals surface area (Å²) < 4.78 is 0. The van der Waals surface area contributed by atoms with Gasteiger partial charge in [-0.2, -0.15) is 0 Å². The van der Waals surface area contributed by atoms with E-state index in [9.17, 15) is 0 Å². The maximum Gasteiger partial charge on any atom is -0.0417 e. The van der Waals surface area contributed by atoms with Crippen LogP contribution in [0.25, 0.3) is 0 Å². The van der Waals surface area contributed by atoms with Crippen LogP contribution in [-0.2, 0) is 0 Å². The second-order valence-electron chi connectivity index (χ2n) is 3.53. The summed E-state index contributed by atoms with van der Waals surface area (Å²) in [4.78, 5) is 0. The molecule has 0 N–H and O–H groups in total. The summed E-state index contributed by atoms with van der Waals surface area (Å²) in [6.45, 7) is 4.70. The molecule has 1 saturated carbocycles. The first-order valence-corrected chi connectivity index (χ1v) is 4.33. The molecule has 0 aromatic heterocycles. The zero-order valence-corrected chi connectivity index (χ0v) is 6.69. The molecule has 0 nitrogen and oxygen atoms in total. The zero-order chi connectivity index (χ0) is 6.69. The van der Waals surface area contributed by atoms with Crippen molar-refractivity contribution < 1.29 is 0 Å². The van der Waals surface area contributed by atoms with E-state index in [2.05, 4.69) is 13.8 Å². The van der Waals surface area contributed by atoms with Crippen LogP contribution in [0.4, 0.5) is 0 Å². The lowest BCUT2D eigenvalue weighted by Gasteiger charge is -2.24. The Morgan fingerprint density at radius 3 is 1.67 bits per heavy atom. The van der Waals surface area contributed by atoms with Gasteiger partial charge in [0.2, 0.25) is 0 Å². The van der Waals surface area contributed by atoms with E-state index < -0.39 is 0 Å². The second kappa shape index (κ2) is 9.09. The average molecular weight is 174 g/mol. The third-order valence-electron chi connectivity index (χ3n) is 2.71. The molecular weight excluding hydrogens is 144 g/mol. The molecule has 0 aromatic rings. The Balaban J connectivity index is -0.000000270. The minimum atomic E-state index is 0. The van der Waals surface area contributed by atoms with Gasteiger partial charge in [0.05, 0.1) is 0 Å². The summed E-state index contributed by atoms with van der Waals surface area (Å²) in [5, 5.41) is 0. The summed E-state index contributed by atoms with van der Waals surface area (Å²) in [5.41, 5.74) is 0. The van der Waals surface area contributed by atoms with Crippen molar-refractivity contribution in [3.63, 3.8) is 0 Å². The summed E-state index contributed by atoms with van der Waals surface area (Å²) >= 11 is 0. The molecule has 1 fully saturated rings. The van der Waals surface area contributed by atoms with Gasteiger partial charge in [0, 0.05) is 0 Å². The third-order valence-corrected chi connectivity index (χ3v) is 2.71. The molecule has 0 saturated heterocycles. The van der Waals surface area contributed by atoms with E-state index in [-0.39, 0.29) is 22.3 Å². The summed E-state index contributed by atoms with van der Waals surface area (Å²) in [7, 11) is 0. The van der Waals surface area contributed by atoms with E-state index in [0.29, 0.717) is 0 Å². The standard InChI is InChI=1S/C9H18.3CH4/c1-3-9-6-4-8(2)5-7-9;;;/h8-9H,3-7H2,1-2H3;3*1H4. The monoisotopic (exact) mass is 174 g/mol. The Morgan fingerprint density at radius 2 is 1.33 bits per heavy atom. The van der Waals surface area contributed by atoms with Crippen molar-refractivity contribution in [2.24, 2.45) is 11.8 Å². The second-order valence-corrected chi connectivity index (χ2v) is 3.53. The maximum absolute atomic E-state index is 2.38. The van der Waals surface area contributed by atoms with Crippen LogP contribution in [0.3, 0.4) is 0 Å². The molecule has 78 valence electrons. The Hall–Kier alpha value is 0. The van der Waals surface area contributed by atoms with E-state index in [1.54, 1.807) is 0 Å². The van der Waals surface area contributed by atoms with Gasteiger partial charge in [0.15, 0.2) is 0 Å². The van der Waals surface area contributed by atoms with E-state index in [1.165, 1.54) is 32.1 Å². The highest BCUT2D eigenvalue weighted by Gasteiger charge is 2.15. The van der Waals surface area contributed by atoms with Crippen molar-refractivity contribution in [3.05, 3.63) is 0 Å². The van der Waals surface area contributed by atoms with E-state index in [1.807, 2.05) is 0 Å². The van der Waals surface area contributed by atoms with Crippen molar-refractivity contribution in [2.45, 2.75) is 68.2 Å². The Labute approximate surface area is 80.8 Å². The molecule has 1 rings (SSSR count). The fourth-order valence-corrected chi connectivity index (χ4v) is 1.74. The largest absolute Gasteiger partial charge is 0.0776 e. The van der Waals surface area contributed by atoms with Gasteiger partial charge >= 0.3 is 0 Å². The van der Waals surface area contributed by atoms with Crippen molar-refractivity contribution >= 4 is 0 Å². The summed E-state index contributed by atoms with van der Waals surface area (Å²) in [6, 6.07) is 0. The first-order chi connectivity index (χ1) is 4.33. The van der Waals surface area contributed by atoms with Crippen LogP contribution in [0.2, 0.25) is 0 Å². The molecule has 0 aromatic carbocycles. The van der Waals surface area contributed by atoms with Crippen molar-refractivity contribution in [3.8, 4) is 0 Å². The number of rotatable bonds is 1. The van der Waals surface area contributed by atoms with Crippen LogP contribution in [0.15, 0.2) is 0 Å². The molecule has 0 amide bonds. The Morgan fingerprint density at radius 1 is 0.917 bits per heavy atom. The van der Waals surface area contributed by atoms with Gasteiger partial charge in [-0.05, 0) is 11.8 Å². The van der Waals surface area contributed by atoms with Crippen LogP contribution in [0.5, 0.6) is 0 Å². The predicted molar refractivity (Wildman–Crippen MR) is 61.6 cm³/mol. The molecular formula is C12H30. The lowest BCUT2D eigenvalue weighted by Crippen LogP contribution is -2.10. The van der Waals surface area contributed by atoms with Crippen LogP contribution >= 0.6 is 0 Å². The Bertz CT molecular complexity index is 68.1. The van der Waals surface area contributed by atoms with Crippen molar-refractivity contribution in [1.29, 1.82) is 0 Å². The molecule has 1 aliphatic carbocycles. The molecule has 1 aliphatic rings.